The zero-order chi connectivity index (χ0) is 19.9. The number of benzene rings is 1. The maximum Gasteiger partial charge on any atom is 0.168 e. The van der Waals surface area contributed by atoms with Gasteiger partial charge in [0.15, 0.2) is 5.78 Å². The van der Waals surface area contributed by atoms with Crippen LogP contribution in [0.4, 0.5) is 0 Å². The molecule has 28 heavy (non-hydrogen) atoms. The number of rotatable bonds is 8. The molecular formula is C21H29N3O4. The highest BCUT2D eigenvalue weighted by molar-refractivity contribution is 6.15. The van der Waals surface area contributed by atoms with E-state index in [0.717, 1.165) is 32.7 Å². The summed E-state index contributed by atoms with van der Waals surface area (Å²) in [6, 6.07) is 9.10. The van der Waals surface area contributed by atoms with Gasteiger partial charge in [-0.05, 0) is 12.5 Å². The van der Waals surface area contributed by atoms with Crippen LogP contribution in [0.5, 0.6) is 0 Å². The van der Waals surface area contributed by atoms with E-state index in [1.54, 1.807) is 12.1 Å². The summed E-state index contributed by atoms with van der Waals surface area (Å²) in [5.74, 6) is -0.843. The molecule has 0 spiro atoms. The van der Waals surface area contributed by atoms with Crippen molar-refractivity contribution in [1.29, 1.82) is 0 Å². The smallest absolute Gasteiger partial charge is 0.168 e. The van der Waals surface area contributed by atoms with E-state index >= 15 is 0 Å². The Morgan fingerprint density at radius 2 is 1.96 bits per heavy atom. The van der Waals surface area contributed by atoms with Gasteiger partial charge in [0.25, 0.3) is 0 Å². The molecule has 0 aromatic heterocycles. The van der Waals surface area contributed by atoms with Gasteiger partial charge in [0.1, 0.15) is 5.76 Å². The number of ketones is 1. The summed E-state index contributed by atoms with van der Waals surface area (Å²) in [5, 5.41) is 23.0. The van der Waals surface area contributed by atoms with Crippen molar-refractivity contribution in [2.24, 2.45) is 10.9 Å². The molecule has 1 heterocycles. The zero-order valence-electron chi connectivity index (χ0n) is 16.3. The second-order valence-corrected chi connectivity index (χ2v) is 7.11. The summed E-state index contributed by atoms with van der Waals surface area (Å²) in [7, 11) is 0. The van der Waals surface area contributed by atoms with Crippen molar-refractivity contribution < 1.29 is 19.8 Å². The Balaban J connectivity index is 1.52. The highest BCUT2D eigenvalue weighted by Crippen LogP contribution is 2.36. The highest BCUT2D eigenvalue weighted by Gasteiger charge is 2.36. The zero-order valence-corrected chi connectivity index (χ0v) is 16.3. The van der Waals surface area contributed by atoms with E-state index in [1.807, 2.05) is 30.2 Å². The van der Waals surface area contributed by atoms with Crippen LogP contribution in [0.1, 0.15) is 25.0 Å². The van der Waals surface area contributed by atoms with Crippen LogP contribution in [-0.2, 0) is 9.63 Å². The molecule has 1 aromatic rings. The summed E-state index contributed by atoms with van der Waals surface area (Å²) in [5.41, 5.74) is 0.914. The normalized spacial score (nSPS) is 23.1. The molecule has 152 valence electrons. The Kier molecular flexibility index (Phi) is 7.33. The number of aliphatic hydroxyl groups is 2. The fourth-order valence-electron chi connectivity index (χ4n) is 3.65. The molecule has 1 saturated heterocycles. The number of carbonyl (C=O) groups is 1. The quantitative estimate of drug-likeness (QED) is 0.661. The number of hydrogen-bond acceptors (Lipinski definition) is 7. The Bertz CT molecular complexity index is 712. The molecule has 1 fully saturated rings. The number of Topliss-reactive ketones (excluding diaryl/α,β-unsaturated/α-hetero) is 1. The summed E-state index contributed by atoms with van der Waals surface area (Å²) in [6.45, 7) is 7.64. The number of allylic oxidation sites excluding steroid dienone is 1. The van der Waals surface area contributed by atoms with E-state index in [9.17, 15) is 15.0 Å². The lowest BCUT2D eigenvalue weighted by atomic mass is 9.94. The fourth-order valence-corrected chi connectivity index (χ4v) is 3.65. The van der Waals surface area contributed by atoms with E-state index in [-0.39, 0.29) is 23.5 Å². The molecule has 7 nitrogen and oxygen atoms in total. The molecule has 7 heteroatoms. The average molecular weight is 387 g/mol. The Morgan fingerprint density at radius 3 is 2.64 bits per heavy atom. The van der Waals surface area contributed by atoms with Gasteiger partial charge >= 0.3 is 0 Å². The molecule has 1 aliphatic carbocycles. The second kappa shape index (κ2) is 9.93. The Hall–Kier alpha value is -2.06. The van der Waals surface area contributed by atoms with Crippen molar-refractivity contribution in [2.45, 2.75) is 19.4 Å². The van der Waals surface area contributed by atoms with Gasteiger partial charge in [-0.3, -0.25) is 19.5 Å². The highest BCUT2D eigenvalue weighted by atomic mass is 16.7. The van der Waals surface area contributed by atoms with Crippen molar-refractivity contribution >= 4 is 12.0 Å². The first-order chi connectivity index (χ1) is 13.6. The van der Waals surface area contributed by atoms with E-state index in [4.69, 9.17) is 4.84 Å². The average Bonchev–Trinajstić information content (AvgIpc) is 3.00. The molecule has 0 saturated carbocycles. The monoisotopic (exact) mass is 387 g/mol. The predicted molar refractivity (Wildman–Crippen MR) is 107 cm³/mol. The third-order valence-electron chi connectivity index (χ3n) is 5.26. The lowest BCUT2D eigenvalue weighted by Crippen LogP contribution is -2.46. The van der Waals surface area contributed by atoms with Gasteiger partial charge < -0.3 is 10.2 Å². The fraction of sp³-hybridized carbons (Fsp3) is 0.524. The van der Waals surface area contributed by atoms with Crippen molar-refractivity contribution in [1.82, 2.24) is 9.96 Å². The number of nitrogens with zero attached hydrogens (tertiary/aromatic N) is 3. The first kappa shape index (κ1) is 20.7. The number of aliphatic hydroxyl groups excluding tert-OH is 2. The molecule has 0 radical (unpaired) electrons. The molecule has 0 bridgehead atoms. The van der Waals surface area contributed by atoms with Gasteiger partial charge in [0.05, 0.1) is 30.7 Å². The molecule has 2 aliphatic rings. The van der Waals surface area contributed by atoms with Crippen LogP contribution >= 0.6 is 0 Å². The van der Waals surface area contributed by atoms with Crippen molar-refractivity contribution in [3.63, 3.8) is 0 Å². The molecule has 3 rings (SSSR count). The van der Waals surface area contributed by atoms with Crippen LogP contribution in [0.25, 0.3) is 0 Å². The third-order valence-corrected chi connectivity index (χ3v) is 5.26. The predicted octanol–water partition coefficient (Wildman–Crippen LogP) is 1.76. The Labute approximate surface area is 165 Å². The van der Waals surface area contributed by atoms with Crippen molar-refractivity contribution in [2.75, 3.05) is 45.9 Å². The number of carbonyl (C=O) groups excluding carboxylic acids is 1. The summed E-state index contributed by atoms with van der Waals surface area (Å²) >= 11 is 0. The second-order valence-electron chi connectivity index (χ2n) is 7.11. The topological polar surface area (TPSA) is 85.6 Å². The lowest BCUT2D eigenvalue weighted by Gasteiger charge is -2.33. The van der Waals surface area contributed by atoms with Gasteiger partial charge in [-0.25, -0.2) is 0 Å². The van der Waals surface area contributed by atoms with E-state index in [0.29, 0.717) is 18.7 Å². The SMILES string of the molecule is CCON1CCN(CCN=CC2=C(O)C(C(O)c3ccccc3)CC2=O)CC1. The van der Waals surface area contributed by atoms with Gasteiger partial charge in [0.2, 0.25) is 0 Å². The molecule has 1 aromatic carbocycles. The van der Waals surface area contributed by atoms with Gasteiger partial charge in [-0.1, -0.05) is 30.3 Å². The van der Waals surface area contributed by atoms with Crippen LogP contribution in [0.3, 0.4) is 0 Å². The summed E-state index contributed by atoms with van der Waals surface area (Å²) in [6.07, 6.45) is 0.659. The maximum absolute atomic E-state index is 12.3. The minimum Gasteiger partial charge on any atom is -0.511 e. The van der Waals surface area contributed by atoms with Crippen LogP contribution in [0.15, 0.2) is 46.7 Å². The minimum atomic E-state index is -0.905. The summed E-state index contributed by atoms with van der Waals surface area (Å²) in [4.78, 5) is 24.4. The van der Waals surface area contributed by atoms with Crippen molar-refractivity contribution in [3.8, 4) is 0 Å². The van der Waals surface area contributed by atoms with Gasteiger partial charge in [0, 0.05) is 45.4 Å². The largest absolute Gasteiger partial charge is 0.511 e. The molecule has 2 atom stereocenters. The van der Waals surface area contributed by atoms with Crippen LogP contribution in [0, 0.1) is 5.92 Å². The van der Waals surface area contributed by atoms with Crippen LogP contribution in [0.2, 0.25) is 0 Å². The minimum absolute atomic E-state index is 0.0598. The molecular weight excluding hydrogens is 358 g/mol. The van der Waals surface area contributed by atoms with Crippen molar-refractivity contribution in [3.05, 3.63) is 47.2 Å². The summed E-state index contributed by atoms with van der Waals surface area (Å²) < 4.78 is 0. The first-order valence-corrected chi connectivity index (χ1v) is 9.89. The molecule has 2 N–H and O–H groups in total. The van der Waals surface area contributed by atoms with Crippen LogP contribution in [-0.4, -0.2) is 78.0 Å². The standard InChI is InChI=1S/C21H29N3O4/c1-2-28-24-12-10-23(11-13-24)9-8-22-15-18-19(25)14-17(21(18)27)20(26)16-6-4-3-5-7-16/h3-7,15,17,20,26-27H,2,8-14H2,1H3. The maximum atomic E-state index is 12.3. The molecule has 0 amide bonds. The molecule has 1 aliphatic heterocycles. The number of aliphatic imine (C=N–C) groups is 1. The van der Waals surface area contributed by atoms with E-state index < -0.39 is 12.0 Å². The third kappa shape index (κ3) is 5.05. The lowest BCUT2D eigenvalue weighted by molar-refractivity contribution is -0.172. The van der Waals surface area contributed by atoms with Crippen LogP contribution < -0.4 is 0 Å². The molecule has 2 unspecified atom stereocenters. The number of hydroxylamine groups is 2. The number of hydrogen-bond donors (Lipinski definition) is 2. The van der Waals surface area contributed by atoms with E-state index in [1.165, 1.54) is 6.21 Å². The Morgan fingerprint density at radius 1 is 1.25 bits per heavy atom. The van der Waals surface area contributed by atoms with Gasteiger partial charge in [-0.15, -0.1) is 0 Å². The van der Waals surface area contributed by atoms with E-state index in [2.05, 4.69) is 9.89 Å². The number of piperazine rings is 1. The first-order valence-electron chi connectivity index (χ1n) is 9.89. The van der Waals surface area contributed by atoms with Gasteiger partial charge in [-0.2, -0.15) is 5.06 Å².